The van der Waals surface area contributed by atoms with Crippen molar-refractivity contribution in [2.24, 2.45) is 0 Å². The standard InChI is InChI=1S/C13H13BrO2/c1-15-12-6-3-2-5-10(12)9-11(14)13-7-4-8-16-13/h2-8,11H,9H2,1H3. The van der Waals surface area contributed by atoms with Gasteiger partial charge in [-0.1, -0.05) is 34.1 Å². The zero-order chi connectivity index (χ0) is 11.4. The first kappa shape index (κ1) is 11.3. The van der Waals surface area contributed by atoms with Crippen LogP contribution in [0.2, 0.25) is 0 Å². The Balaban J connectivity index is 2.14. The fourth-order valence-electron chi connectivity index (χ4n) is 1.63. The van der Waals surface area contributed by atoms with Crippen LogP contribution in [0.4, 0.5) is 0 Å². The molecule has 2 rings (SSSR count). The van der Waals surface area contributed by atoms with Gasteiger partial charge in [0.15, 0.2) is 0 Å². The van der Waals surface area contributed by atoms with Gasteiger partial charge in [0, 0.05) is 0 Å². The van der Waals surface area contributed by atoms with Gasteiger partial charge in [0.25, 0.3) is 0 Å². The van der Waals surface area contributed by atoms with E-state index in [1.807, 2.05) is 30.3 Å². The number of halogens is 1. The summed E-state index contributed by atoms with van der Waals surface area (Å²) < 4.78 is 10.7. The van der Waals surface area contributed by atoms with Crippen molar-refractivity contribution in [3.8, 4) is 5.75 Å². The Labute approximate surface area is 103 Å². The fourth-order valence-corrected chi connectivity index (χ4v) is 2.24. The van der Waals surface area contributed by atoms with E-state index in [1.165, 1.54) is 5.56 Å². The van der Waals surface area contributed by atoms with Crippen LogP contribution in [0.25, 0.3) is 0 Å². The van der Waals surface area contributed by atoms with E-state index in [4.69, 9.17) is 9.15 Å². The normalized spacial score (nSPS) is 12.4. The molecule has 1 atom stereocenters. The van der Waals surface area contributed by atoms with Crippen LogP contribution in [0.15, 0.2) is 47.1 Å². The molecule has 1 unspecified atom stereocenters. The number of rotatable bonds is 4. The highest BCUT2D eigenvalue weighted by Gasteiger charge is 2.13. The van der Waals surface area contributed by atoms with Crippen molar-refractivity contribution in [2.45, 2.75) is 11.2 Å². The Morgan fingerprint density at radius 1 is 1.25 bits per heavy atom. The Morgan fingerprint density at radius 2 is 2.06 bits per heavy atom. The van der Waals surface area contributed by atoms with Gasteiger partial charge >= 0.3 is 0 Å². The molecular formula is C13H13BrO2. The molecule has 0 spiro atoms. The average Bonchev–Trinajstić information content (AvgIpc) is 2.83. The number of hydrogen-bond donors (Lipinski definition) is 0. The van der Waals surface area contributed by atoms with E-state index in [9.17, 15) is 0 Å². The molecule has 0 aliphatic carbocycles. The summed E-state index contributed by atoms with van der Waals surface area (Å²) in [7, 11) is 1.69. The maximum atomic E-state index is 5.35. The van der Waals surface area contributed by atoms with Crippen LogP contribution in [0, 0.1) is 0 Å². The zero-order valence-electron chi connectivity index (χ0n) is 9.02. The summed E-state index contributed by atoms with van der Waals surface area (Å²) >= 11 is 3.62. The third-order valence-corrected chi connectivity index (χ3v) is 3.22. The molecule has 3 heteroatoms. The molecule has 0 aliphatic rings. The van der Waals surface area contributed by atoms with Crippen molar-refractivity contribution in [1.29, 1.82) is 0 Å². The topological polar surface area (TPSA) is 22.4 Å². The molecule has 0 bridgehead atoms. The average molecular weight is 281 g/mol. The number of benzene rings is 1. The molecular weight excluding hydrogens is 268 g/mol. The van der Waals surface area contributed by atoms with Crippen LogP contribution in [0.3, 0.4) is 0 Å². The number of ether oxygens (including phenoxy) is 1. The molecule has 0 amide bonds. The molecule has 0 radical (unpaired) electrons. The van der Waals surface area contributed by atoms with E-state index < -0.39 is 0 Å². The molecule has 0 N–H and O–H groups in total. The van der Waals surface area contributed by atoms with Gasteiger partial charge in [-0.3, -0.25) is 0 Å². The van der Waals surface area contributed by atoms with Crippen LogP contribution >= 0.6 is 15.9 Å². The summed E-state index contributed by atoms with van der Waals surface area (Å²) in [4.78, 5) is 0.179. The quantitative estimate of drug-likeness (QED) is 0.791. The molecule has 1 aromatic heterocycles. The van der Waals surface area contributed by atoms with Crippen LogP contribution < -0.4 is 4.74 Å². The minimum atomic E-state index is 0.179. The van der Waals surface area contributed by atoms with Gasteiger partial charge in [-0.15, -0.1) is 0 Å². The van der Waals surface area contributed by atoms with E-state index in [0.717, 1.165) is 17.9 Å². The van der Waals surface area contributed by atoms with Gasteiger partial charge in [-0.25, -0.2) is 0 Å². The summed E-state index contributed by atoms with van der Waals surface area (Å²) in [5.74, 6) is 1.85. The van der Waals surface area contributed by atoms with Crippen LogP contribution in [-0.4, -0.2) is 7.11 Å². The van der Waals surface area contributed by atoms with Crippen molar-refractivity contribution in [3.63, 3.8) is 0 Å². The molecule has 0 aliphatic heterocycles. The molecule has 1 aromatic carbocycles. The smallest absolute Gasteiger partial charge is 0.122 e. The summed E-state index contributed by atoms with van der Waals surface area (Å²) in [6, 6.07) is 11.9. The highest BCUT2D eigenvalue weighted by molar-refractivity contribution is 9.09. The second kappa shape index (κ2) is 5.21. The Morgan fingerprint density at radius 3 is 2.75 bits per heavy atom. The monoisotopic (exact) mass is 280 g/mol. The summed E-state index contributed by atoms with van der Waals surface area (Å²) in [5.41, 5.74) is 1.17. The predicted octanol–water partition coefficient (Wildman–Crippen LogP) is 3.97. The highest BCUT2D eigenvalue weighted by Crippen LogP contribution is 2.30. The lowest BCUT2D eigenvalue weighted by Crippen LogP contribution is -1.97. The van der Waals surface area contributed by atoms with Crippen molar-refractivity contribution >= 4 is 15.9 Å². The zero-order valence-corrected chi connectivity index (χ0v) is 10.6. The summed E-state index contributed by atoms with van der Waals surface area (Å²) in [6.07, 6.45) is 2.53. The second-order valence-corrected chi connectivity index (χ2v) is 4.60. The fraction of sp³-hybridized carbons (Fsp3) is 0.231. The van der Waals surface area contributed by atoms with Crippen molar-refractivity contribution in [2.75, 3.05) is 7.11 Å². The molecule has 0 saturated carbocycles. The first-order valence-corrected chi connectivity index (χ1v) is 6.02. The SMILES string of the molecule is COc1ccccc1CC(Br)c1ccco1. The van der Waals surface area contributed by atoms with Gasteiger partial charge < -0.3 is 9.15 Å². The van der Waals surface area contributed by atoms with Gasteiger partial charge in [0.2, 0.25) is 0 Å². The summed E-state index contributed by atoms with van der Waals surface area (Å²) in [5, 5.41) is 0. The Kier molecular flexibility index (Phi) is 3.67. The van der Waals surface area contributed by atoms with Gasteiger partial charge in [-0.2, -0.15) is 0 Å². The minimum Gasteiger partial charge on any atom is -0.496 e. The van der Waals surface area contributed by atoms with Crippen LogP contribution in [-0.2, 0) is 6.42 Å². The maximum Gasteiger partial charge on any atom is 0.122 e. The lowest BCUT2D eigenvalue weighted by molar-refractivity contribution is 0.408. The number of furan rings is 1. The Hall–Kier alpha value is -1.22. The molecule has 0 saturated heterocycles. The third-order valence-electron chi connectivity index (χ3n) is 2.44. The first-order chi connectivity index (χ1) is 7.81. The largest absolute Gasteiger partial charge is 0.496 e. The maximum absolute atomic E-state index is 5.35. The van der Waals surface area contributed by atoms with Crippen molar-refractivity contribution < 1.29 is 9.15 Å². The van der Waals surface area contributed by atoms with Crippen molar-refractivity contribution in [1.82, 2.24) is 0 Å². The number of alkyl halides is 1. The predicted molar refractivity (Wildman–Crippen MR) is 67.1 cm³/mol. The van der Waals surface area contributed by atoms with E-state index in [0.29, 0.717) is 0 Å². The third kappa shape index (κ3) is 2.47. The first-order valence-electron chi connectivity index (χ1n) is 5.10. The highest BCUT2D eigenvalue weighted by atomic mass is 79.9. The number of methoxy groups -OCH3 is 1. The molecule has 2 aromatic rings. The minimum absolute atomic E-state index is 0.179. The molecule has 16 heavy (non-hydrogen) atoms. The lowest BCUT2D eigenvalue weighted by atomic mass is 10.1. The number of para-hydroxylation sites is 1. The molecule has 1 heterocycles. The van der Waals surface area contributed by atoms with E-state index >= 15 is 0 Å². The Bertz CT molecular complexity index is 437. The summed E-state index contributed by atoms with van der Waals surface area (Å²) in [6.45, 7) is 0. The van der Waals surface area contributed by atoms with Crippen LogP contribution in [0.1, 0.15) is 16.2 Å². The molecule has 0 fully saturated rings. The van der Waals surface area contributed by atoms with E-state index in [1.54, 1.807) is 13.4 Å². The van der Waals surface area contributed by atoms with Gasteiger partial charge in [0.05, 0.1) is 18.2 Å². The van der Waals surface area contributed by atoms with Gasteiger partial charge in [0.1, 0.15) is 11.5 Å². The molecule has 84 valence electrons. The van der Waals surface area contributed by atoms with Gasteiger partial charge in [-0.05, 0) is 30.2 Å². The van der Waals surface area contributed by atoms with Crippen LogP contribution in [0.5, 0.6) is 5.75 Å². The molecule has 2 nitrogen and oxygen atoms in total. The lowest BCUT2D eigenvalue weighted by Gasteiger charge is -2.10. The number of hydrogen-bond acceptors (Lipinski definition) is 2. The second-order valence-electron chi connectivity index (χ2n) is 3.50. The van der Waals surface area contributed by atoms with E-state index in [2.05, 4.69) is 22.0 Å². The van der Waals surface area contributed by atoms with Crippen molar-refractivity contribution in [3.05, 3.63) is 54.0 Å². The van der Waals surface area contributed by atoms with E-state index in [-0.39, 0.29) is 4.83 Å².